The molecule has 0 atom stereocenters. The van der Waals surface area contributed by atoms with Crippen LogP contribution >= 0.6 is 0 Å². The van der Waals surface area contributed by atoms with Gasteiger partial charge in [0, 0.05) is 33.2 Å². The van der Waals surface area contributed by atoms with Crippen molar-refractivity contribution in [3.05, 3.63) is 34.6 Å². The van der Waals surface area contributed by atoms with Crippen LogP contribution in [0.4, 0.5) is 4.58 Å². The van der Waals surface area contributed by atoms with E-state index >= 15 is 0 Å². The highest BCUT2D eigenvalue weighted by atomic mass is 35.5. The number of urea groups is 1. The van der Waals surface area contributed by atoms with Gasteiger partial charge in [0.1, 0.15) is 10.1 Å². The standard InChI is InChI=1S/C12H16N5O3.ClH/c1-15(2)12(16(3)4)19-20-17-11(18)9-7-5-6-8-10(9)13-14-17;/h5-8H,1-4H3;1H/q+1;/p-1. The van der Waals surface area contributed by atoms with E-state index < -0.39 is 5.56 Å². The molecule has 0 saturated heterocycles. The number of carbonyl (C=O) groups excluding carboxylic acids is 1. The molecule has 114 valence electrons. The number of nitrogens with zero attached hydrogens (tertiary/aromatic N) is 5. The second kappa shape index (κ2) is 6.89. The fourth-order valence-electron chi connectivity index (χ4n) is 1.64. The highest BCUT2D eigenvalue weighted by Gasteiger charge is 2.23. The molecule has 1 aromatic carbocycles. The summed E-state index contributed by atoms with van der Waals surface area (Å²) >= 11 is 0. The van der Waals surface area contributed by atoms with E-state index in [2.05, 4.69) is 10.3 Å². The number of benzene rings is 1. The molecule has 0 aliphatic heterocycles. The molecule has 2 rings (SSSR count). The number of amides is 2. The first-order valence-corrected chi connectivity index (χ1v) is 5.92. The molecule has 8 nitrogen and oxygen atoms in total. The Morgan fingerprint density at radius 2 is 1.81 bits per heavy atom. The Hall–Kier alpha value is -2.35. The van der Waals surface area contributed by atoms with Crippen LogP contribution in [-0.4, -0.2) is 59.2 Å². The molecule has 21 heavy (non-hydrogen) atoms. The first-order chi connectivity index (χ1) is 9.50. The van der Waals surface area contributed by atoms with Gasteiger partial charge in [0.15, 0.2) is 0 Å². The van der Waals surface area contributed by atoms with Gasteiger partial charge in [-0.15, -0.1) is 5.10 Å². The fraction of sp³-hybridized carbons (Fsp3) is 0.333. The summed E-state index contributed by atoms with van der Waals surface area (Å²) in [6, 6.07) is 7.28. The highest BCUT2D eigenvalue weighted by molar-refractivity contribution is 5.76. The van der Waals surface area contributed by atoms with Gasteiger partial charge < -0.3 is 12.4 Å². The third kappa shape index (κ3) is 3.60. The minimum atomic E-state index is -0.438. The first kappa shape index (κ1) is 16.7. The van der Waals surface area contributed by atoms with Gasteiger partial charge in [-0.1, -0.05) is 12.1 Å². The van der Waals surface area contributed by atoms with Crippen molar-refractivity contribution in [1.82, 2.24) is 25.0 Å². The normalized spacial score (nSPS) is 9.71. The van der Waals surface area contributed by atoms with Gasteiger partial charge in [-0.05, 0) is 17.3 Å². The molecule has 0 spiro atoms. The van der Waals surface area contributed by atoms with E-state index in [1.54, 1.807) is 62.3 Å². The van der Waals surface area contributed by atoms with E-state index in [0.717, 1.165) is 0 Å². The Kier molecular flexibility index (Phi) is 5.48. The van der Waals surface area contributed by atoms with Crippen molar-refractivity contribution in [1.29, 1.82) is 0 Å². The molecular weight excluding hydrogens is 298 g/mol. The average molecular weight is 314 g/mol. The Morgan fingerprint density at radius 3 is 2.43 bits per heavy atom. The third-order valence-corrected chi connectivity index (χ3v) is 2.49. The Balaban J connectivity index is 0.00000220. The molecule has 2 amide bonds. The predicted molar refractivity (Wildman–Crippen MR) is 73.1 cm³/mol. The van der Waals surface area contributed by atoms with Crippen molar-refractivity contribution in [3.8, 4) is 0 Å². The zero-order valence-electron chi connectivity index (χ0n) is 12.1. The van der Waals surface area contributed by atoms with Gasteiger partial charge in [-0.25, -0.2) is 0 Å². The monoisotopic (exact) mass is 313 g/mol. The molecule has 0 bridgehead atoms. The van der Waals surface area contributed by atoms with Crippen molar-refractivity contribution in [2.45, 2.75) is 0 Å². The highest BCUT2D eigenvalue weighted by Crippen LogP contribution is 2.03. The van der Waals surface area contributed by atoms with Crippen LogP contribution < -0.4 is 23.0 Å². The lowest BCUT2D eigenvalue weighted by atomic mass is 10.2. The van der Waals surface area contributed by atoms with E-state index in [1.807, 2.05) is 0 Å². The summed E-state index contributed by atoms with van der Waals surface area (Å²) in [6.45, 7) is 0. The van der Waals surface area contributed by atoms with Gasteiger partial charge in [0.05, 0.1) is 10.2 Å². The van der Waals surface area contributed by atoms with Gasteiger partial charge in [-0.2, -0.15) is 0 Å². The maximum absolute atomic E-state index is 12.1. The van der Waals surface area contributed by atoms with Crippen molar-refractivity contribution >= 4 is 16.9 Å². The number of hydrogen-bond acceptors (Lipinski definition) is 4. The van der Waals surface area contributed by atoms with Gasteiger partial charge in [0.2, 0.25) is 0 Å². The average Bonchev–Trinajstić information content (AvgIpc) is 2.41. The van der Waals surface area contributed by atoms with E-state index in [-0.39, 0.29) is 12.4 Å². The lowest BCUT2D eigenvalue weighted by Crippen LogP contribution is -3.00. The minimum Gasteiger partial charge on any atom is -1.00 e. The SMILES string of the molecule is CN(C)C(=[O+]On1nnc2ccccc2c1=O)N(C)C.[Cl-]. The first-order valence-electron chi connectivity index (χ1n) is 5.92. The topological polar surface area (TPSA) is 74.8 Å². The van der Waals surface area contributed by atoms with Crippen LogP contribution in [0, 0.1) is 0 Å². The number of fused-ring (bicyclic) bond motifs is 1. The van der Waals surface area contributed by atoms with Crippen molar-refractivity contribution in [3.63, 3.8) is 0 Å². The molecule has 2 aromatic rings. The van der Waals surface area contributed by atoms with Gasteiger partial charge in [0.25, 0.3) is 0 Å². The van der Waals surface area contributed by atoms with E-state index in [1.165, 1.54) is 0 Å². The number of rotatable bonds is 2. The maximum atomic E-state index is 12.1. The summed E-state index contributed by atoms with van der Waals surface area (Å²) in [4.78, 5) is 21.1. The molecule has 0 radical (unpaired) electrons. The van der Waals surface area contributed by atoms with Crippen molar-refractivity contribution < 1.29 is 22.0 Å². The lowest BCUT2D eigenvalue weighted by molar-refractivity contribution is -0.519. The summed E-state index contributed by atoms with van der Waals surface area (Å²) in [6.07, 6.45) is 0. The molecule has 0 fully saturated rings. The van der Waals surface area contributed by atoms with Crippen LogP contribution in [0.1, 0.15) is 0 Å². The summed E-state index contributed by atoms with van der Waals surface area (Å²) in [5.41, 5.74) is 0.0641. The molecule has 1 heterocycles. The van der Waals surface area contributed by atoms with Gasteiger partial charge >= 0.3 is 11.6 Å². The minimum absolute atomic E-state index is 0. The lowest BCUT2D eigenvalue weighted by Gasteiger charge is -2.08. The van der Waals surface area contributed by atoms with Crippen LogP contribution in [0.5, 0.6) is 0 Å². The summed E-state index contributed by atoms with van der Waals surface area (Å²) in [7, 11) is 7.14. The summed E-state index contributed by atoms with van der Waals surface area (Å²) in [5, 5.41) is 7.94. The largest absolute Gasteiger partial charge is 1.00 e. The molecule has 0 saturated carbocycles. The predicted octanol–water partition coefficient (Wildman–Crippen LogP) is -3.08. The molecule has 9 heteroatoms. The van der Waals surface area contributed by atoms with Crippen LogP contribution in [0.3, 0.4) is 0 Å². The Morgan fingerprint density at radius 1 is 1.19 bits per heavy atom. The van der Waals surface area contributed by atoms with Crippen LogP contribution in [0.15, 0.2) is 29.1 Å². The number of aromatic nitrogens is 3. The maximum Gasteiger partial charge on any atom is 0.592 e. The summed E-state index contributed by atoms with van der Waals surface area (Å²) in [5.74, 6) is 0. The number of hydrogen-bond donors (Lipinski definition) is 0. The van der Waals surface area contributed by atoms with Crippen molar-refractivity contribution in [2.24, 2.45) is 0 Å². The zero-order valence-corrected chi connectivity index (χ0v) is 12.9. The number of halogens is 1. The van der Waals surface area contributed by atoms with E-state index in [4.69, 9.17) is 9.56 Å². The fourth-order valence-corrected chi connectivity index (χ4v) is 1.64. The van der Waals surface area contributed by atoms with Crippen LogP contribution in [0.2, 0.25) is 0 Å². The molecule has 0 aliphatic carbocycles. The molecule has 1 aromatic heterocycles. The zero-order chi connectivity index (χ0) is 14.7. The van der Waals surface area contributed by atoms with E-state index in [0.29, 0.717) is 21.8 Å². The van der Waals surface area contributed by atoms with Gasteiger partial charge in [-0.3, -0.25) is 14.6 Å². The Bertz CT molecular complexity index is 689. The second-order valence-corrected chi connectivity index (χ2v) is 4.51. The molecule has 0 N–H and O–H groups in total. The smallest absolute Gasteiger partial charge is 0.592 e. The summed E-state index contributed by atoms with van der Waals surface area (Å²) < 4.78 is 5.11. The Labute approximate surface area is 127 Å². The quantitative estimate of drug-likeness (QED) is 0.335. The van der Waals surface area contributed by atoms with Crippen LogP contribution in [0.25, 0.3) is 10.9 Å². The third-order valence-electron chi connectivity index (χ3n) is 2.49. The van der Waals surface area contributed by atoms with E-state index in [9.17, 15) is 4.79 Å². The molecule has 0 aliphatic rings. The van der Waals surface area contributed by atoms with Crippen molar-refractivity contribution in [2.75, 3.05) is 28.2 Å². The second-order valence-electron chi connectivity index (χ2n) is 4.51. The van der Waals surface area contributed by atoms with Crippen LogP contribution in [-0.2, 0) is 0 Å². The molecule has 0 unspecified atom stereocenters. The molecular formula is C12H16ClN5O3.